The predicted octanol–water partition coefficient (Wildman–Crippen LogP) is 0.478. The minimum absolute atomic E-state index is 0.0928. The van der Waals surface area contributed by atoms with Crippen LogP contribution in [0, 0.1) is 5.92 Å². The molecule has 3 heteroatoms. The van der Waals surface area contributed by atoms with Crippen molar-refractivity contribution in [3.8, 4) is 0 Å². The summed E-state index contributed by atoms with van der Waals surface area (Å²) in [5.41, 5.74) is 0. The van der Waals surface area contributed by atoms with Crippen LogP contribution in [0.3, 0.4) is 0 Å². The number of β-amino-alcohol motifs (C(OH)–C–C–N with tert-alkyl or cyclic N) is 1. The van der Waals surface area contributed by atoms with Crippen LogP contribution in [0.5, 0.6) is 0 Å². The fraction of sp³-hybridized carbons (Fsp3) is 1.00. The Morgan fingerprint density at radius 2 is 2.31 bits per heavy atom. The van der Waals surface area contributed by atoms with Gasteiger partial charge >= 0.3 is 0 Å². The van der Waals surface area contributed by atoms with Crippen molar-refractivity contribution in [1.29, 1.82) is 0 Å². The molecule has 0 aromatic carbocycles. The summed E-state index contributed by atoms with van der Waals surface area (Å²) in [6.07, 6.45) is 2.04. The second-order valence-electron chi connectivity index (χ2n) is 4.30. The molecule has 0 spiro atoms. The van der Waals surface area contributed by atoms with Crippen LogP contribution in [0.2, 0.25) is 0 Å². The van der Waals surface area contributed by atoms with Crippen molar-refractivity contribution in [3.05, 3.63) is 0 Å². The van der Waals surface area contributed by atoms with E-state index in [1.165, 1.54) is 6.42 Å². The average molecular weight is 185 g/mol. The maximum Gasteiger partial charge on any atom is 0.0679 e. The normalized spacial score (nSPS) is 38.3. The van der Waals surface area contributed by atoms with Gasteiger partial charge in [-0.15, -0.1) is 0 Å². The molecule has 0 radical (unpaired) electrons. The largest absolute Gasteiger partial charge is 0.392 e. The first kappa shape index (κ1) is 9.44. The van der Waals surface area contributed by atoms with E-state index in [4.69, 9.17) is 4.74 Å². The topological polar surface area (TPSA) is 32.7 Å². The molecule has 2 saturated heterocycles. The molecule has 2 heterocycles. The molecule has 3 atom stereocenters. The lowest BCUT2D eigenvalue weighted by molar-refractivity contribution is 0.125. The summed E-state index contributed by atoms with van der Waals surface area (Å²) in [6.45, 7) is 6.01. The van der Waals surface area contributed by atoms with Gasteiger partial charge in [-0.1, -0.05) is 0 Å². The third-order valence-corrected chi connectivity index (χ3v) is 3.42. The third kappa shape index (κ3) is 2.03. The molecule has 2 rings (SSSR count). The van der Waals surface area contributed by atoms with Gasteiger partial charge in [0.15, 0.2) is 0 Å². The minimum atomic E-state index is -0.0928. The Kier molecular flexibility index (Phi) is 2.86. The second-order valence-corrected chi connectivity index (χ2v) is 4.30. The number of hydrogen-bond acceptors (Lipinski definition) is 3. The molecule has 0 aromatic rings. The Bertz CT molecular complexity index is 168. The average Bonchev–Trinajstić information content (AvgIpc) is 2.72. The molecule has 2 fully saturated rings. The van der Waals surface area contributed by atoms with E-state index in [2.05, 4.69) is 11.8 Å². The fourth-order valence-corrected chi connectivity index (χ4v) is 2.37. The van der Waals surface area contributed by atoms with Gasteiger partial charge in [-0.25, -0.2) is 0 Å². The van der Waals surface area contributed by atoms with Crippen LogP contribution in [-0.4, -0.2) is 48.5 Å². The molecule has 0 amide bonds. The highest BCUT2D eigenvalue weighted by molar-refractivity contribution is 4.84. The maximum absolute atomic E-state index is 9.42. The molecule has 0 aliphatic carbocycles. The number of likely N-dealkylation sites (tertiary alicyclic amines) is 1. The second kappa shape index (κ2) is 3.95. The van der Waals surface area contributed by atoms with Crippen LogP contribution in [0.25, 0.3) is 0 Å². The van der Waals surface area contributed by atoms with E-state index < -0.39 is 0 Å². The van der Waals surface area contributed by atoms with Crippen molar-refractivity contribution >= 4 is 0 Å². The van der Waals surface area contributed by atoms with Gasteiger partial charge in [-0.3, -0.25) is 4.90 Å². The molecule has 3 nitrogen and oxygen atoms in total. The van der Waals surface area contributed by atoms with E-state index in [1.807, 2.05) is 0 Å². The molecule has 13 heavy (non-hydrogen) atoms. The molecule has 76 valence electrons. The zero-order valence-electron chi connectivity index (χ0n) is 8.28. The lowest BCUT2D eigenvalue weighted by Gasteiger charge is -2.28. The molecule has 1 N–H and O–H groups in total. The summed E-state index contributed by atoms with van der Waals surface area (Å²) in [7, 11) is 0. The van der Waals surface area contributed by atoms with Gasteiger partial charge in [0.05, 0.1) is 12.7 Å². The summed E-state index contributed by atoms with van der Waals surface area (Å²) in [5, 5.41) is 9.42. The van der Waals surface area contributed by atoms with Crippen molar-refractivity contribution < 1.29 is 9.84 Å². The SMILES string of the molecule is CC(C1CCOC1)N1CC[C@@H](O)C1. The lowest BCUT2D eigenvalue weighted by atomic mass is 10.00. The summed E-state index contributed by atoms with van der Waals surface area (Å²) in [6, 6.07) is 0.583. The number of nitrogens with zero attached hydrogens (tertiary/aromatic N) is 1. The first-order valence-electron chi connectivity index (χ1n) is 5.27. The first-order chi connectivity index (χ1) is 6.27. The van der Waals surface area contributed by atoms with Gasteiger partial charge < -0.3 is 9.84 Å². The summed E-state index contributed by atoms with van der Waals surface area (Å²) >= 11 is 0. The smallest absolute Gasteiger partial charge is 0.0679 e. The van der Waals surface area contributed by atoms with E-state index in [0.29, 0.717) is 12.0 Å². The summed E-state index contributed by atoms with van der Waals surface area (Å²) < 4.78 is 5.38. The van der Waals surface area contributed by atoms with Gasteiger partial charge in [-0.2, -0.15) is 0 Å². The van der Waals surface area contributed by atoms with E-state index >= 15 is 0 Å². The van der Waals surface area contributed by atoms with E-state index in [9.17, 15) is 5.11 Å². The van der Waals surface area contributed by atoms with Crippen LogP contribution in [0.1, 0.15) is 19.8 Å². The third-order valence-electron chi connectivity index (χ3n) is 3.42. The Morgan fingerprint density at radius 3 is 2.85 bits per heavy atom. The summed E-state index contributed by atoms with van der Waals surface area (Å²) in [5.74, 6) is 0.685. The van der Waals surface area contributed by atoms with Gasteiger partial charge in [0.25, 0.3) is 0 Å². The van der Waals surface area contributed by atoms with Crippen LogP contribution in [0.15, 0.2) is 0 Å². The van der Waals surface area contributed by atoms with Gasteiger partial charge in [0.1, 0.15) is 0 Å². The number of ether oxygens (including phenoxy) is 1. The molecule has 2 aliphatic heterocycles. The van der Waals surface area contributed by atoms with Crippen LogP contribution < -0.4 is 0 Å². The molecule has 0 saturated carbocycles. The Balaban J connectivity index is 1.85. The van der Waals surface area contributed by atoms with Gasteiger partial charge in [0.2, 0.25) is 0 Å². The number of aliphatic hydroxyl groups excluding tert-OH is 1. The van der Waals surface area contributed by atoms with Crippen molar-refractivity contribution in [2.75, 3.05) is 26.3 Å². The quantitative estimate of drug-likeness (QED) is 0.679. The molecule has 0 bridgehead atoms. The minimum Gasteiger partial charge on any atom is -0.392 e. The standard InChI is InChI=1S/C10H19NO2/c1-8(9-3-5-13-7-9)11-4-2-10(12)6-11/h8-10,12H,2-7H2,1H3/t8?,9?,10-/m1/s1. The predicted molar refractivity (Wildman–Crippen MR) is 50.6 cm³/mol. The van der Waals surface area contributed by atoms with Crippen molar-refractivity contribution in [2.24, 2.45) is 5.92 Å². The molecular formula is C10H19NO2. The van der Waals surface area contributed by atoms with Gasteiger partial charge in [0, 0.05) is 25.7 Å². The molecular weight excluding hydrogens is 166 g/mol. The van der Waals surface area contributed by atoms with E-state index in [-0.39, 0.29) is 6.10 Å². The Morgan fingerprint density at radius 1 is 1.46 bits per heavy atom. The molecule has 0 aromatic heterocycles. The highest BCUT2D eigenvalue weighted by atomic mass is 16.5. The highest BCUT2D eigenvalue weighted by Crippen LogP contribution is 2.23. The number of aliphatic hydroxyl groups is 1. The lowest BCUT2D eigenvalue weighted by Crippen LogP contribution is -2.37. The van der Waals surface area contributed by atoms with Crippen molar-refractivity contribution in [1.82, 2.24) is 4.90 Å². The van der Waals surface area contributed by atoms with E-state index in [0.717, 1.165) is 32.7 Å². The van der Waals surface area contributed by atoms with Crippen molar-refractivity contribution in [3.63, 3.8) is 0 Å². The van der Waals surface area contributed by atoms with Crippen LogP contribution >= 0.6 is 0 Å². The number of rotatable bonds is 2. The summed E-state index contributed by atoms with van der Waals surface area (Å²) in [4.78, 5) is 2.39. The zero-order valence-corrected chi connectivity index (χ0v) is 8.28. The fourth-order valence-electron chi connectivity index (χ4n) is 2.37. The van der Waals surface area contributed by atoms with E-state index in [1.54, 1.807) is 0 Å². The number of hydrogen-bond donors (Lipinski definition) is 1. The zero-order chi connectivity index (χ0) is 9.26. The monoisotopic (exact) mass is 185 g/mol. The Hall–Kier alpha value is -0.120. The molecule has 2 aliphatic rings. The Labute approximate surface area is 79.7 Å². The maximum atomic E-state index is 9.42. The van der Waals surface area contributed by atoms with Crippen LogP contribution in [0.4, 0.5) is 0 Å². The highest BCUT2D eigenvalue weighted by Gasteiger charge is 2.31. The van der Waals surface area contributed by atoms with Crippen molar-refractivity contribution in [2.45, 2.75) is 31.9 Å². The molecule has 2 unspecified atom stereocenters. The van der Waals surface area contributed by atoms with Crippen LogP contribution in [-0.2, 0) is 4.74 Å². The first-order valence-corrected chi connectivity index (χ1v) is 5.27. The van der Waals surface area contributed by atoms with Gasteiger partial charge in [-0.05, 0) is 25.7 Å².